The molecule has 0 radical (unpaired) electrons. The highest BCUT2D eigenvalue weighted by Crippen LogP contribution is 2.37. The highest BCUT2D eigenvalue weighted by molar-refractivity contribution is 8.19. The lowest BCUT2D eigenvalue weighted by Gasteiger charge is -2.12. The van der Waals surface area contributed by atoms with Gasteiger partial charge in [0.25, 0.3) is 22.3 Å². The zero-order chi connectivity index (χ0) is 23.1. The van der Waals surface area contributed by atoms with Crippen LogP contribution in [0.3, 0.4) is 0 Å². The van der Waals surface area contributed by atoms with Crippen molar-refractivity contribution < 1.29 is 23.9 Å². The van der Waals surface area contributed by atoms with E-state index in [1.165, 1.54) is 0 Å². The van der Waals surface area contributed by atoms with Gasteiger partial charge in [-0.05, 0) is 71.6 Å². The van der Waals surface area contributed by atoms with E-state index in [0.717, 1.165) is 44.9 Å². The summed E-state index contributed by atoms with van der Waals surface area (Å²) in [5, 5.41) is 2.26. The molecule has 0 aliphatic carbocycles. The van der Waals surface area contributed by atoms with E-state index >= 15 is 0 Å². The van der Waals surface area contributed by atoms with Gasteiger partial charge in [-0.2, -0.15) is 0 Å². The largest absolute Gasteiger partial charge is 0.497 e. The highest BCUT2D eigenvalue weighted by atomic mass is 32.2. The number of H-pyrrole nitrogens is 1. The first-order valence-corrected chi connectivity index (χ1v) is 11.3. The van der Waals surface area contributed by atoms with E-state index in [9.17, 15) is 19.2 Å². The van der Waals surface area contributed by atoms with Crippen molar-refractivity contribution in [3.05, 3.63) is 69.6 Å². The van der Waals surface area contributed by atoms with Crippen LogP contribution < -0.4 is 15.0 Å². The van der Waals surface area contributed by atoms with Gasteiger partial charge in [-0.1, -0.05) is 12.1 Å². The van der Waals surface area contributed by atoms with Gasteiger partial charge in [-0.15, -0.1) is 0 Å². The molecule has 0 atom stereocenters. The minimum atomic E-state index is -0.444. The maximum Gasteiger partial charge on any atom is 0.298 e. The Labute approximate surface area is 196 Å². The first-order valence-electron chi connectivity index (χ1n) is 9.71. The molecular weight excluding hydrogens is 462 g/mol. The standard InChI is InChI=1S/C23H15N3O5S2/c1-31-15-6-7-17-16(10-15)13(11-24-17)9-19-21(28)26(23(30)33-19)14-4-2-12(3-5-14)8-18-20(27)25-22(29)32-18/h2-11,24H,1H3,(H,25,27,29). The summed E-state index contributed by atoms with van der Waals surface area (Å²) in [5.74, 6) is -0.164. The fourth-order valence-corrected chi connectivity index (χ4v) is 5.01. The predicted molar refractivity (Wildman–Crippen MR) is 129 cm³/mol. The molecule has 2 fully saturated rings. The number of fused-ring (bicyclic) bond motifs is 1. The monoisotopic (exact) mass is 477 g/mol. The molecule has 0 spiro atoms. The molecule has 2 saturated heterocycles. The molecule has 0 bridgehead atoms. The van der Waals surface area contributed by atoms with E-state index in [2.05, 4.69) is 10.3 Å². The third kappa shape index (κ3) is 3.94. The Morgan fingerprint density at radius 1 is 0.939 bits per heavy atom. The van der Waals surface area contributed by atoms with E-state index in [1.807, 2.05) is 18.2 Å². The summed E-state index contributed by atoms with van der Waals surface area (Å²) in [6.07, 6.45) is 5.05. The average molecular weight is 478 g/mol. The van der Waals surface area contributed by atoms with Crippen LogP contribution in [0.15, 0.2) is 58.5 Å². The van der Waals surface area contributed by atoms with E-state index in [4.69, 9.17) is 4.74 Å². The molecule has 1 aromatic heterocycles. The summed E-state index contributed by atoms with van der Waals surface area (Å²) in [4.78, 5) is 53.5. The lowest BCUT2D eigenvalue weighted by atomic mass is 10.1. The van der Waals surface area contributed by atoms with Gasteiger partial charge in [0, 0.05) is 22.7 Å². The summed E-state index contributed by atoms with van der Waals surface area (Å²) >= 11 is 1.70. The average Bonchev–Trinajstić information content (AvgIpc) is 3.44. The molecule has 5 rings (SSSR count). The number of hydrogen-bond donors (Lipinski definition) is 2. The van der Waals surface area contributed by atoms with Gasteiger partial charge in [0.2, 0.25) is 0 Å². The summed E-state index contributed by atoms with van der Waals surface area (Å²) in [6, 6.07) is 12.2. The number of ether oxygens (including phenoxy) is 1. The second-order valence-electron chi connectivity index (χ2n) is 7.12. The number of carbonyl (C=O) groups excluding carboxylic acids is 4. The van der Waals surface area contributed by atoms with Crippen molar-refractivity contribution >= 4 is 74.6 Å². The highest BCUT2D eigenvalue weighted by Gasteiger charge is 2.36. The molecule has 2 aromatic carbocycles. The van der Waals surface area contributed by atoms with Gasteiger partial charge in [0.1, 0.15) is 5.75 Å². The molecule has 8 nitrogen and oxygen atoms in total. The van der Waals surface area contributed by atoms with Crippen LogP contribution in [-0.2, 0) is 9.59 Å². The van der Waals surface area contributed by atoms with Crippen LogP contribution in [-0.4, -0.2) is 34.4 Å². The van der Waals surface area contributed by atoms with Crippen LogP contribution in [0.2, 0.25) is 0 Å². The third-order valence-corrected chi connectivity index (χ3v) is 6.77. The molecule has 164 valence electrons. The summed E-state index contributed by atoms with van der Waals surface area (Å²) in [5.41, 5.74) is 2.75. The Hall–Kier alpha value is -3.76. The fraction of sp³-hybridized carbons (Fsp3) is 0.0435. The zero-order valence-electron chi connectivity index (χ0n) is 17.1. The topological polar surface area (TPSA) is 109 Å². The van der Waals surface area contributed by atoms with Crippen LogP contribution in [0.4, 0.5) is 15.3 Å². The molecule has 10 heteroatoms. The molecule has 33 heavy (non-hydrogen) atoms. The van der Waals surface area contributed by atoms with Crippen LogP contribution in [0.25, 0.3) is 23.1 Å². The minimum Gasteiger partial charge on any atom is -0.497 e. The van der Waals surface area contributed by atoms with Crippen LogP contribution in [0.1, 0.15) is 11.1 Å². The second-order valence-corrected chi connectivity index (χ2v) is 9.12. The van der Waals surface area contributed by atoms with Gasteiger partial charge in [-0.3, -0.25) is 24.5 Å². The van der Waals surface area contributed by atoms with Crippen LogP contribution in [0.5, 0.6) is 5.75 Å². The Kier molecular flexibility index (Phi) is 5.31. The van der Waals surface area contributed by atoms with E-state index < -0.39 is 22.3 Å². The van der Waals surface area contributed by atoms with Crippen molar-refractivity contribution in [2.24, 2.45) is 0 Å². The van der Waals surface area contributed by atoms with Gasteiger partial charge in [0.15, 0.2) is 0 Å². The second kappa shape index (κ2) is 8.30. The lowest BCUT2D eigenvalue weighted by Crippen LogP contribution is -2.27. The van der Waals surface area contributed by atoms with Crippen molar-refractivity contribution in [1.29, 1.82) is 0 Å². The van der Waals surface area contributed by atoms with E-state index in [1.54, 1.807) is 49.7 Å². The number of nitrogens with zero attached hydrogens (tertiary/aromatic N) is 1. The SMILES string of the molecule is COc1ccc2[nH]cc(C=C3SC(=O)N(c4ccc(C=C5SC(=O)NC5=O)cc4)C3=O)c2c1. The van der Waals surface area contributed by atoms with E-state index in [0.29, 0.717) is 21.9 Å². The number of imide groups is 2. The summed E-state index contributed by atoms with van der Waals surface area (Å²) in [6.45, 7) is 0. The van der Waals surface area contributed by atoms with E-state index in [-0.39, 0.29) is 4.91 Å². The van der Waals surface area contributed by atoms with Crippen molar-refractivity contribution in [2.45, 2.75) is 0 Å². The van der Waals surface area contributed by atoms with Crippen molar-refractivity contribution in [3.8, 4) is 5.75 Å². The van der Waals surface area contributed by atoms with Crippen LogP contribution >= 0.6 is 23.5 Å². The molecule has 2 aliphatic heterocycles. The first kappa shape index (κ1) is 21.1. The molecule has 4 amide bonds. The number of carbonyl (C=O) groups is 4. The maximum atomic E-state index is 13.0. The number of methoxy groups -OCH3 is 1. The van der Waals surface area contributed by atoms with Gasteiger partial charge in [-0.25, -0.2) is 4.90 Å². The van der Waals surface area contributed by atoms with Gasteiger partial charge in [0.05, 0.1) is 22.6 Å². The number of thioether (sulfide) groups is 2. The summed E-state index contributed by atoms with van der Waals surface area (Å²) < 4.78 is 5.28. The Balaban J connectivity index is 1.40. The Morgan fingerprint density at radius 2 is 1.73 bits per heavy atom. The van der Waals surface area contributed by atoms with Crippen LogP contribution in [0, 0.1) is 0 Å². The molecule has 0 saturated carbocycles. The lowest BCUT2D eigenvalue weighted by molar-refractivity contribution is -0.115. The number of rotatable bonds is 4. The minimum absolute atomic E-state index is 0.289. The number of benzene rings is 2. The predicted octanol–water partition coefficient (Wildman–Crippen LogP) is 4.74. The quantitative estimate of drug-likeness (QED) is 0.523. The Morgan fingerprint density at radius 3 is 2.42 bits per heavy atom. The number of nitrogens with one attached hydrogen (secondary N) is 2. The first-order chi connectivity index (χ1) is 15.9. The van der Waals surface area contributed by atoms with Crippen molar-refractivity contribution in [2.75, 3.05) is 12.0 Å². The third-order valence-electron chi connectivity index (χ3n) is 5.09. The fourth-order valence-electron chi connectivity index (χ4n) is 3.49. The molecule has 3 heterocycles. The molecule has 3 aromatic rings. The molecule has 2 N–H and O–H groups in total. The Bertz CT molecular complexity index is 1410. The van der Waals surface area contributed by atoms with Gasteiger partial charge >= 0.3 is 0 Å². The summed E-state index contributed by atoms with van der Waals surface area (Å²) in [7, 11) is 1.58. The molecular formula is C23H15N3O5S2. The van der Waals surface area contributed by atoms with Crippen molar-refractivity contribution in [3.63, 3.8) is 0 Å². The van der Waals surface area contributed by atoms with Gasteiger partial charge < -0.3 is 9.72 Å². The number of anilines is 1. The number of hydrogen-bond acceptors (Lipinski definition) is 7. The molecule has 0 unspecified atom stereocenters. The number of amides is 4. The zero-order valence-corrected chi connectivity index (χ0v) is 18.7. The number of aromatic nitrogens is 1. The maximum absolute atomic E-state index is 13.0. The normalized spacial score (nSPS) is 18.8. The number of aromatic amines is 1. The van der Waals surface area contributed by atoms with Crippen molar-refractivity contribution in [1.82, 2.24) is 10.3 Å². The molecule has 2 aliphatic rings. The smallest absolute Gasteiger partial charge is 0.298 e.